The number of rotatable bonds is 3. The summed E-state index contributed by atoms with van der Waals surface area (Å²) < 4.78 is 5.76. The van der Waals surface area contributed by atoms with Gasteiger partial charge in [-0.2, -0.15) is 0 Å². The summed E-state index contributed by atoms with van der Waals surface area (Å²) in [5.41, 5.74) is 1.21. The minimum Gasteiger partial charge on any atom is -0.375 e. The molecule has 102 valence electrons. The standard InChI is InChI=1S/C14H24N2OS/c1-9(13-10(2)18-11(3)16-13)15-12-6-7-17-14(4,5)8-12/h9,12,15H,6-8H2,1-5H3. The lowest BCUT2D eigenvalue weighted by molar-refractivity contribution is -0.0640. The summed E-state index contributed by atoms with van der Waals surface area (Å²) in [5.74, 6) is 0. The Labute approximate surface area is 114 Å². The minimum atomic E-state index is 0.00265. The van der Waals surface area contributed by atoms with E-state index in [0.29, 0.717) is 12.1 Å². The molecule has 1 saturated heterocycles. The topological polar surface area (TPSA) is 34.2 Å². The normalized spacial score (nSPS) is 25.1. The fourth-order valence-corrected chi connectivity index (χ4v) is 3.67. The van der Waals surface area contributed by atoms with Crippen molar-refractivity contribution in [2.75, 3.05) is 6.61 Å². The smallest absolute Gasteiger partial charge is 0.0900 e. The van der Waals surface area contributed by atoms with Crippen molar-refractivity contribution in [3.63, 3.8) is 0 Å². The van der Waals surface area contributed by atoms with Crippen LogP contribution >= 0.6 is 11.3 Å². The van der Waals surface area contributed by atoms with Crippen LogP contribution in [0.1, 0.15) is 55.2 Å². The highest BCUT2D eigenvalue weighted by molar-refractivity contribution is 7.11. The van der Waals surface area contributed by atoms with Crippen LogP contribution in [-0.2, 0) is 4.74 Å². The highest BCUT2D eigenvalue weighted by Crippen LogP contribution is 2.27. The van der Waals surface area contributed by atoms with Crippen molar-refractivity contribution in [2.24, 2.45) is 0 Å². The summed E-state index contributed by atoms with van der Waals surface area (Å²) >= 11 is 1.78. The van der Waals surface area contributed by atoms with Gasteiger partial charge in [0.15, 0.2) is 0 Å². The van der Waals surface area contributed by atoms with Crippen molar-refractivity contribution in [1.29, 1.82) is 0 Å². The maximum absolute atomic E-state index is 5.76. The van der Waals surface area contributed by atoms with E-state index in [2.05, 4.69) is 44.9 Å². The molecule has 4 heteroatoms. The Hall–Kier alpha value is -0.450. The zero-order chi connectivity index (χ0) is 13.3. The molecule has 2 atom stereocenters. The molecule has 0 radical (unpaired) electrons. The average molecular weight is 268 g/mol. The van der Waals surface area contributed by atoms with Crippen molar-refractivity contribution in [3.8, 4) is 0 Å². The summed E-state index contributed by atoms with van der Waals surface area (Å²) in [5, 5.41) is 4.87. The van der Waals surface area contributed by atoms with E-state index in [-0.39, 0.29) is 5.60 Å². The van der Waals surface area contributed by atoms with Gasteiger partial charge in [0.1, 0.15) is 0 Å². The maximum atomic E-state index is 5.76. The molecule has 1 aromatic heterocycles. The molecule has 0 amide bonds. The molecule has 1 N–H and O–H groups in total. The Balaban J connectivity index is 1.99. The van der Waals surface area contributed by atoms with Gasteiger partial charge in [0.05, 0.1) is 16.3 Å². The fourth-order valence-electron chi connectivity index (χ4n) is 2.75. The van der Waals surface area contributed by atoms with Crippen LogP contribution in [0.25, 0.3) is 0 Å². The van der Waals surface area contributed by atoms with Gasteiger partial charge in [-0.05, 0) is 47.5 Å². The zero-order valence-electron chi connectivity index (χ0n) is 12.0. The molecular formula is C14H24N2OS. The average Bonchev–Trinajstić information content (AvgIpc) is 2.56. The van der Waals surface area contributed by atoms with Crippen LogP contribution in [0.5, 0.6) is 0 Å². The first kappa shape index (κ1) is 14.0. The highest BCUT2D eigenvalue weighted by Gasteiger charge is 2.30. The van der Waals surface area contributed by atoms with Gasteiger partial charge in [0.2, 0.25) is 0 Å². The van der Waals surface area contributed by atoms with E-state index in [0.717, 1.165) is 24.5 Å². The molecule has 0 spiro atoms. The van der Waals surface area contributed by atoms with Crippen molar-refractivity contribution >= 4 is 11.3 Å². The third-order valence-electron chi connectivity index (χ3n) is 3.53. The van der Waals surface area contributed by atoms with Gasteiger partial charge >= 0.3 is 0 Å². The van der Waals surface area contributed by atoms with Crippen LogP contribution in [0.3, 0.4) is 0 Å². The van der Waals surface area contributed by atoms with Crippen LogP contribution < -0.4 is 5.32 Å². The lowest BCUT2D eigenvalue weighted by atomic mass is 9.93. The predicted molar refractivity (Wildman–Crippen MR) is 76.2 cm³/mol. The number of nitrogens with zero attached hydrogens (tertiary/aromatic N) is 1. The Morgan fingerprint density at radius 2 is 2.17 bits per heavy atom. The second-order valence-corrected chi connectivity index (χ2v) is 7.27. The van der Waals surface area contributed by atoms with Crippen LogP contribution in [0, 0.1) is 13.8 Å². The summed E-state index contributed by atoms with van der Waals surface area (Å²) in [7, 11) is 0. The number of thiazole rings is 1. The number of aromatic nitrogens is 1. The highest BCUT2D eigenvalue weighted by atomic mass is 32.1. The number of aryl methyl sites for hydroxylation is 2. The third kappa shape index (κ3) is 3.31. The first-order valence-corrected chi connectivity index (χ1v) is 7.53. The van der Waals surface area contributed by atoms with Gasteiger partial charge in [-0.15, -0.1) is 11.3 Å². The van der Waals surface area contributed by atoms with Crippen molar-refractivity contribution in [2.45, 2.75) is 65.1 Å². The molecular weight excluding hydrogens is 244 g/mol. The van der Waals surface area contributed by atoms with Gasteiger partial charge in [-0.25, -0.2) is 4.98 Å². The maximum Gasteiger partial charge on any atom is 0.0900 e. The summed E-state index contributed by atoms with van der Waals surface area (Å²) in [4.78, 5) is 5.97. The summed E-state index contributed by atoms with van der Waals surface area (Å²) in [6.07, 6.45) is 2.16. The molecule has 1 fully saturated rings. The number of hydrogen-bond donors (Lipinski definition) is 1. The zero-order valence-corrected chi connectivity index (χ0v) is 12.9. The molecule has 0 aliphatic carbocycles. The number of ether oxygens (including phenoxy) is 1. The first-order chi connectivity index (χ1) is 8.37. The molecule has 0 bridgehead atoms. The van der Waals surface area contributed by atoms with E-state index in [1.165, 1.54) is 10.6 Å². The van der Waals surface area contributed by atoms with Gasteiger partial charge in [0, 0.05) is 23.6 Å². The quantitative estimate of drug-likeness (QED) is 0.912. The monoisotopic (exact) mass is 268 g/mol. The second kappa shape index (κ2) is 5.27. The third-order valence-corrected chi connectivity index (χ3v) is 4.43. The van der Waals surface area contributed by atoms with Gasteiger partial charge in [-0.1, -0.05) is 0 Å². The Bertz CT molecular complexity index is 414. The number of hydrogen-bond acceptors (Lipinski definition) is 4. The van der Waals surface area contributed by atoms with Crippen LogP contribution in [0.4, 0.5) is 0 Å². The minimum absolute atomic E-state index is 0.00265. The van der Waals surface area contributed by atoms with Gasteiger partial charge < -0.3 is 10.1 Å². The summed E-state index contributed by atoms with van der Waals surface area (Å²) in [6, 6.07) is 0.860. The lowest BCUT2D eigenvalue weighted by Crippen LogP contribution is -2.44. The molecule has 18 heavy (non-hydrogen) atoms. The van der Waals surface area contributed by atoms with Crippen molar-refractivity contribution < 1.29 is 4.74 Å². The largest absolute Gasteiger partial charge is 0.375 e. The molecule has 0 saturated carbocycles. The lowest BCUT2D eigenvalue weighted by Gasteiger charge is -2.37. The molecule has 2 unspecified atom stereocenters. The fraction of sp³-hybridized carbons (Fsp3) is 0.786. The first-order valence-electron chi connectivity index (χ1n) is 6.71. The van der Waals surface area contributed by atoms with E-state index in [1.807, 2.05) is 0 Å². The van der Waals surface area contributed by atoms with Crippen LogP contribution in [-0.4, -0.2) is 23.2 Å². The molecule has 1 aliphatic rings. The Morgan fingerprint density at radius 3 is 2.72 bits per heavy atom. The van der Waals surface area contributed by atoms with Crippen LogP contribution in [0.15, 0.2) is 0 Å². The number of nitrogens with one attached hydrogen (secondary N) is 1. The van der Waals surface area contributed by atoms with E-state index in [4.69, 9.17) is 4.74 Å². The van der Waals surface area contributed by atoms with E-state index < -0.39 is 0 Å². The molecule has 2 rings (SSSR count). The van der Waals surface area contributed by atoms with Crippen molar-refractivity contribution in [1.82, 2.24) is 10.3 Å². The summed E-state index contributed by atoms with van der Waals surface area (Å²) in [6.45, 7) is 11.6. The van der Waals surface area contributed by atoms with Gasteiger partial charge in [0.25, 0.3) is 0 Å². The van der Waals surface area contributed by atoms with Gasteiger partial charge in [-0.3, -0.25) is 0 Å². The molecule has 0 aromatic carbocycles. The van der Waals surface area contributed by atoms with E-state index in [9.17, 15) is 0 Å². The van der Waals surface area contributed by atoms with Crippen LogP contribution in [0.2, 0.25) is 0 Å². The Morgan fingerprint density at radius 1 is 1.44 bits per heavy atom. The van der Waals surface area contributed by atoms with E-state index in [1.54, 1.807) is 11.3 Å². The Kier molecular flexibility index (Phi) is 4.09. The SMILES string of the molecule is Cc1nc(C(C)NC2CCOC(C)(C)C2)c(C)s1. The van der Waals surface area contributed by atoms with E-state index >= 15 is 0 Å². The molecule has 1 aromatic rings. The van der Waals surface area contributed by atoms with Crippen molar-refractivity contribution in [3.05, 3.63) is 15.6 Å². The molecule has 2 heterocycles. The predicted octanol–water partition coefficient (Wildman–Crippen LogP) is 3.37. The molecule has 3 nitrogen and oxygen atoms in total. The second-order valence-electron chi connectivity index (χ2n) is 5.86. The molecule has 1 aliphatic heterocycles.